The van der Waals surface area contributed by atoms with Crippen LogP contribution in [0.1, 0.15) is 59.4 Å². The summed E-state index contributed by atoms with van der Waals surface area (Å²) in [5, 5.41) is 10.1. The summed E-state index contributed by atoms with van der Waals surface area (Å²) in [7, 11) is 0. The first-order valence-corrected chi connectivity index (χ1v) is 7.35. The van der Waals surface area contributed by atoms with Gasteiger partial charge in [0, 0.05) is 0 Å². The maximum atomic E-state index is 11.2. The number of hydrogen-bond acceptors (Lipinski definition) is 4. The first-order valence-electron chi connectivity index (χ1n) is 6.53. The van der Waals surface area contributed by atoms with Gasteiger partial charge >= 0.3 is 5.97 Å². The van der Waals surface area contributed by atoms with Crippen LogP contribution in [0.3, 0.4) is 0 Å². The summed E-state index contributed by atoms with van der Waals surface area (Å²) in [6.45, 7) is 7.01. The van der Waals surface area contributed by atoms with E-state index in [1.165, 1.54) is 30.6 Å². The number of thiazole rings is 1. The van der Waals surface area contributed by atoms with E-state index < -0.39 is 5.97 Å². The largest absolute Gasteiger partial charge is 0.477 e. The monoisotopic (exact) mass is 268 g/mol. The van der Waals surface area contributed by atoms with Crippen LogP contribution in [0.15, 0.2) is 0 Å². The van der Waals surface area contributed by atoms with Crippen molar-refractivity contribution in [3.63, 3.8) is 0 Å². The average molecular weight is 268 g/mol. The van der Waals surface area contributed by atoms with Gasteiger partial charge < -0.3 is 5.11 Å². The number of likely N-dealkylation sites (tertiary alicyclic amines) is 1. The summed E-state index contributed by atoms with van der Waals surface area (Å²) in [5.41, 5.74) is 0.736. The number of aromatic nitrogens is 1. The molecule has 1 aromatic heterocycles. The van der Waals surface area contributed by atoms with Crippen molar-refractivity contribution < 1.29 is 9.90 Å². The molecule has 1 saturated heterocycles. The van der Waals surface area contributed by atoms with E-state index in [-0.39, 0.29) is 5.92 Å². The van der Waals surface area contributed by atoms with Gasteiger partial charge in [-0.2, -0.15) is 0 Å². The Morgan fingerprint density at radius 1 is 1.39 bits per heavy atom. The Balaban J connectivity index is 2.13. The van der Waals surface area contributed by atoms with E-state index in [2.05, 4.69) is 9.88 Å². The zero-order chi connectivity index (χ0) is 13.1. The fourth-order valence-electron chi connectivity index (χ4n) is 2.30. The summed E-state index contributed by atoms with van der Waals surface area (Å²) in [6.07, 6.45) is 3.80. The number of carbonyl (C=O) groups is 1. The fourth-order valence-corrected chi connectivity index (χ4v) is 3.40. The van der Waals surface area contributed by atoms with Gasteiger partial charge in [-0.1, -0.05) is 20.3 Å². The van der Waals surface area contributed by atoms with E-state index in [1.807, 2.05) is 13.8 Å². The first kappa shape index (κ1) is 13.5. The van der Waals surface area contributed by atoms with Crippen molar-refractivity contribution in [2.24, 2.45) is 0 Å². The standard InChI is InChI=1S/C13H20N2O2S/c1-9(2)11-12(13(16)17)18-10(14-11)8-15-6-4-3-5-7-15/h9H,3-8H2,1-2H3,(H,16,17). The molecule has 0 aromatic carbocycles. The summed E-state index contributed by atoms with van der Waals surface area (Å²) in [4.78, 5) is 18.5. The highest BCUT2D eigenvalue weighted by molar-refractivity contribution is 7.13. The Labute approximate surface area is 112 Å². The molecule has 4 nitrogen and oxygen atoms in total. The molecular weight excluding hydrogens is 248 g/mol. The Morgan fingerprint density at radius 2 is 2.06 bits per heavy atom. The number of rotatable bonds is 4. The van der Waals surface area contributed by atoms with E-state index in [9.17, 15) is 9.90 Å². The van der Waals surface area contributed by atoms with Crippen LogP contribution in [0.5, 0.6) is 0 Å². The predicted octanol–water partition coefficient (Wildman–Crippen LogP) is 2.95. The quantitative estimate of drug-likeness (QED) is 0.912. The molecule has 0 unspecified atom stereocenters. The molecular formula is C13H20N2O2S. The second-order valence-corrected chi connectivity index (χ2v) is 6.20. The summed E-state index contributed by atoms with van der Waals surface area (Å²) < 4.78 is 0. The molecule has 2 rings (SSSR count). The van der Waals surface area contributed by atoms with Crippen LogP contribution in [-0.2, 0) is 6.54 Å². The Bertz CT molecular complexity index is 423. The Kier molecular flexibility index (Phi) is 4.35. The highest BCUT2D eigenvalue weighted by Gasteiger charge is 2.21. The number of aromatic carboxylic acids is 1. The number of carboxylic acid groups (broad SMARTS) is 1. The molecule has 0 amide bonds. The van der Waals surface area contributed by atoms with E-state index in [0.717, 1.165) is 30.3 Å². The molecule has 1 aliphatic heterocycles. The molecule has 2 heterocycles. The lowest BCUT2D eigenvalue weighted by Crippen LogP contribution is -2.29. The molecule has 0 spiro atoms. The molecule has 0 saturated carbocycles. The van der Waals surface area contributed by atoms with Gasteiger partial charge in [0.1, 0.15) is 9.88 Å². The van der Waals surface area contributed by atoms with Gasteiger partial charge in [-0.3, -0.25) is 4.90 Å². The SMILES string of the molecule is CC(C)c1nc(CN2CCCCC2)sc1C(=O)O. The molecule has 18 heavy (non-hydrogen) atoms. The van der Waals surface area contributed by atoms with Gasteiger partial charge in [-0.25, -0.2) is 9.78 Å². The van der Waals surface area contributed by atoms with Crippen LogP contribution in [0.4, 0.5) is 0 Å². The van der Waals surface area contributed by atoms with Crippen molar-refractivity contribution in [2.75, 3.05) is 13.1 Å². The minimum absolute atomic E-state index is 0.169. The van der Waals surface area contributed by atoms with E-state index in [0.29, 0.717) is 4.88 Å². The second kappa shape index (κ2) is 5.80. The van der Waals surface area contributed by atoms with Crippen molar-refractivity contribution >= 4 is 17.3 Å². The lowest BCUT2D eigenvalue weighted by Gasteiger charge is -2.25. The fraction of sp³-hybridized carbons (Fsp3) is 0.692. The third kappa shape index (κ3) is 3.09. The first-order chi connectivity index (χ1) is 8.58. The van der Waals surface area contributed by atoms with Crippen molar-refractivity contribution in [1.82, 2.24) is 9.88 Å². The smallest absolute Gasteiger partial charge is 0.347 e. The van der Waals surface area contributed by atoms with Gasteiger partial charge in [0.2, 0.25) is 0 Å². The second-order valence-electron chi connectivity index (χ2n) is 5.12. The summed E-state index contributed by atoms with van der Waals surface area (Å²) >= 11 is 1.34. The van der Waals surface area contributed by atoms with Crippen LogP contribution in [0.2, 0.25) is 0 Å². The maximum Gasteiger partial charge on any atom is 0.347 e. The van der Waals surface area contributed by atoms with E-state index in [1.54, 1.807) is 0 Å². The summed E-state index contributed by atoms with van der Waals surface area (Å²) in [5.74, 6) is -0.677. The zero-order valence-corrected chi connectivity index (χ0v) is 11.8. The van der Waals surface area contributed by atoms with Crippen LogP contribution in [0.25, 0.3) is 0 Å². The number of piperidine rings is 1. The molecule has 1 aromatic rings. The van der Waals surface area contributed by atoms with Gasteiger partial charge in [0.05, 0.1) is 12.2 Å². The molecule has 1 fully saturated rings. The highest BCUT2D eigenvalue weighted by Crippen LogP contribution is 2.26. The number of hydrogen-bond donors (Lipinski definition) is 1. The van der Waals surface area contributed by atoms with Gasteiger partial charge in [-0.05, 0) is 31.8 Å². The minimum Gasteiger partial charge on any atom is -0.477 e. The summed E-state index contributed by atoms with van der Waals surface area (Å²) in [6, 6.07) is 0. The van der Waals surface area contributed by atoms with Gasteiger partial charge in [0.25, 0.3) is 0 Å². The maximum absolute atomic E-state index is 11.2. The lowest BCUT2D eigenvalue weighted by atomic mass is 10.1. The Morgan fingerprint density at radius 3 is 2.56 bits per heavy atom. The van der Waals surface area contributed by atoms with Crippen molar-refractivity contribution in [1.29, 1.82) is 0 Å². The van der Waals surface area contributed by atoms with Crippen molar-refractivity contribution in [3.8, 4) is 0 Å². The normalized spacial score (nSPS) is 17.3. The van der Waals surface area contributed by atoms with Gasteiger partial charge in [0.15, 0.2) is 0 Å². The molecule has 1 aliphatic rings. The molecule has 0 bridgehead atoms. The third-order valence-corrected chi connectivity index (χ3v) is 4.29. The number of nitrogens with zero attached hydrogens (tertiary/aromatic N) is 2. The van der Waals surface area contributed by atoms with Crippen molar-refractivity contribution in [3.05, 3.63) is 15.6 Å². The van der Waals surface area contributed by atoms with Gasteiger partial charge in [-0.15, -0.1) is 11.3 Å². The molecule has 0 atom stereocenters. The van der Waals surface area contributed by atoms with Crippen LogP contribution in [0, 0.1) is 0 Å². The van der Waals surface area contributed by atoms with E-state index >= 15 is 0 Å². The molecule has 5 heteroatoms. The average Bonchev–Trinajstić information content (AvgIpc) is 2.74. The zero-order valence-electron chi connectivity index (χ0n) is 11.0. The molecule has 1 N–H and O–H groups in total. The van der Waals surface area contributed by atoms with E-state index in [4.69, 9.17) is 0 Å². The van der Waals surface area contributed by atoms with Crippen LogP contribution < -0.4 is 0 Å². The Hall–Kier alpha value is -0.940. The molecule has 0 radical (unpaired) electrons. The third-order valence-electron chi connectivity index (χ3n) is 3.25. The van der Waals surface area contributed by atoms with Crippen molar-refractivity contribution in [2.45, 2.75) is 45.6 Å². The minimum atomic E-state index is -0.846. The predicted molar refractivity (Wildman–Crippen MR) is 72.3 cm³/mol. The number of carboxylic acids is 1. The van der Waals surface area contributed by atoms with Crippen LogP contribution in [-0.4, -0.2) is 34.0 Å². The molecule has 0 aliphatic carbocycles. The molecule has 100 valence electrons. The highest BCUT2D eigenvalue weighted by atomic mass is 32.1. The lowest BCUT2D eigenvalue weighted by molar-refractivity contribution is 0.0700. The topological polar surface area (TPSA) is 53.4 Å². The van der Waals surface area contributed by atoms with Crippen LogP contribution >= 0.6 is 11.3 Å².